The molecule has 0 saturated carbocycles. The van der Waals surface area contributed by atoms with Crippen molar-refractivity contribution in [3.8, 4) is 0 Å². The van der Waals surface area contributed by atoms with Gasteiger partial charge in [-0.05, 0) is 43.9 Å². The van der Waals surface area contributed by atoms with Crippen LogP contribution in [0.4, 0.5) is 0 Å². The van der Waals surface area contributed by atoms with Crippen LogP contribution in [-0.4, -0.2) is 62.0 Å². The SMILES string of the molecule is CCCCCCCCCOC(=O)CC(=O)OCC(CO)(COC(=O)CC(CCCCC)CCCCC)COC(=O)CC(CCCCC)CCCCC. The third kappa shape index (κ3) is 28.4. The predicted molar refractivity (Wildman–Crippen MR) is 209 cm³/mol. The quantitative estimate of drug-likeness (QED) is 0.0287. The number of hydrogen-bond donors (Lipinski definition) is 1. The highest BCUT2D eigenvalue weighted by Gasteiger charge is 2.36. The van der Waals surface area contributed by atoms with Crippen LogP contribution in [-0.2, 0) is 38.1 Å². The lowest BCUT2D eigenvalue weighted by Crippen LogP contribution is -2.43. The van der Waals surface area contributed by atoms with Gasteiger partial charge in [-0.25, -0.2) is 0 Å². The summed E-state index contributed by atoms with van der Waals surface area (Å²) in [6, 6.07) is 0. The van der Waals surface area contributed by atoms with E-state index in [1.165, 1.54) is 25.7 Å². The molecule has 9 heteroatoms. The number of aliphatic hydroxyl groups excluding tert-OH is 1. The Bertz CT molecular complexity index is 828. The molecule has 0 unspecified atom stereocenters. The molecule has 0 fully saturated rings. The Morgan fingerprint density at radius 1 is 0.442 bits per heavy atom. The maximum absolute atomic E-state index is 13.1. The number of hydrogen-bond acceptors (Lipinski definition) is 9. The first kappa shape index (κ1) is 49.8. The summed E-state index contributed by atoms with van der Waals surface area (Å²) in [5.74, 6) is -1.80. The maximum atomic E-state index is 13.1. The third-order valence-electron chi connectivity index (χ3n) is 10.0. The van der Waals surface area contributed by atoms with Crippen molar-refractivity contribution >= 4 is 23.9 Å². The molecule has 0 atom stereocenters. The molecule has 0 spiro atoms. The largest absolute Gasteiger partial charge is 0.465 e. The second kappa shape index (κ2) is 34.6. The number of esters is 4. The summed E-state index contributed by atoms with van der Waals surface area (Å²) in [6.45, 7) is 9.60. The Kier molecular flexibility index (Phi) is 33.2. The number of unbranched alkanes of at least 4 members (excludes halogenated alkanes) is 14. The summed E-state index contributed by atoms with van der Waals surface area (Å²) in [7, 11) is 0. The first-order valence-corrected chi connectivity index (χ1v) is 21.4. The van der Waals surface area contributed by atoms with E-state index < -0.39 is 30.4 Å². The molecule has 0 aromatic heterocycles. The van der Waals surface area contributed by atoms with Crippen LogP contribution in [0.25, 0.3) is 0 Å². The molecule has 9 nitrogen and oxygen atoms in total. The summed E-state index contributed by atoms with van der Waals surface area (Å²) in [5.41, 5.74) is -1.36. The van der Waals surface area contributed by atoms with Crippen molar-refractivity contribution in [2.24, 2.45) is 17.3 Å². The summed E-state index contributed by atoms with van der Waals surface area (Å²) in [4.78, 5) is 51.3. The zero-order valence-corrected chi connectivity index (χ0v) is 34.3. The molecule has 306 valence electrons. The van der Waals surface area contributed by atoms with E-state index in [1.54, 1.807) is 0 Å². The van der Waals surface area contributed by atoms with E-state index >= 15 is 0 Å². The van der Waals surface area contributed by atoms with Gasteiger partial charge >= 0.3 is 23.9 Å². The van der Waals surface area contributed by atoms with Gasteiger partial charge in [0.1, 0.15) is 26.2 Å². The highest BCUT2D eigenvalue weighted by molar-refractivity contribution is 5.91. The Morgan fingerprint density at radius 3 is 1.15 bits per heavy atom. The van der Waals surface area contributed by atoms with E-state index in [0.717, 1.165) is 122 Å². The van der Waals surface area contributed by atoms with Gasteiger partial charge in [-0.2, -0.15) is 0 Å². The molecule has 0 radical (unpaired) electrons. The molecular formula is C43H80O9. The number of carbonyl (C=O) groups excluding carboxylic acids is 4. The molecule has 0 aromatic carbocycles. The third-order valence-corrected chi connectivity index (χ3v) is 10.0. The van der Waals surface area contributed by atoms with Crippen molar-refractivity contribution in [3.05, 3.63) is 0 Å². The van der Waals surface area contributed by atoms with Crippen LogP contribution >= 0.6 is 0 Å². The summed E-state index contributed by atoms with van der Waals surface area (Å²) in [6.07, 6.45) is 24.6. The first-order valence-electron chi connectivity index (χ1n) is 21.4. The van der Waals surface area contributed by atoms with E-state index in [0.29, 0.717) is 0 Å². The Labute approximate surface area is 318 Å². The van der Waals surface area contributed by atoms with E-state index in [1.807, 2.05) is 0 Å². The molecule has 0 aliphatic heterocycles. The molecular weight excluding hydrogens is 660 g/mol. The highest BCUT2D eigenvalue weighted by Crippen LogP contribution is 2.26. The standard InChI is InChI=1S/C43H80O9/c1-6-11-16-17-18-19-24-29-49-41(47)32-42(48)52-36-43(33-44,34-50-39(45)30-37(25-20-12-7-2)26-21-13-8-3)35-51-40(46)31-38(27-22-14-9-4)28-23-15-10-5/h37-38,44H,6-36H2,1-5H3. The maximum Gasteiger partial charge on any atom is 0.317 e. The van der Waals surface area contributed by atoms with E-state index in [-0.39, 0.29) is 63.0 Å². The monoisotopic (exact) mass is 741 g/mol. The minimum atomic E-state index is -1.36. The van der Waals surface area contributed by atoms with E-state index in [9.17, 15) is 24.3 Å². The number of ether oxygens (including phenoxy) is 4. The molecule has 52 heavy (non-hydrogen) atoms. The van der Waals surface area contributed by atoms with E-state index in [2.05, 4.69) is 34.6 Å². The summed E-state index contributed by atoms with van der Waals surface area (Å²) < 4.78 is 22.2. The zero-order valence-electron chi connectivity index (χ0n) is 34.3. The molecule has 0 rings (SSSR count). The molecule has 0 heterocycles. The molecule has 0 aliphatic carbocycles. The van der Waals surface area contributed by atoms with Crippen LogP contribution in [0.15, 0.2) is 0 Å². The average Bonchev–Trinajstić information content (AvgIpc) is 3.12. The van der Waals surface area contributed by atoms with Crippen LogP contribution in [0.5, 0.6) is 0 Å². The fourth-order valence-electron chi connectivity index (χ4n) is 6.45. The first-order chi connectivity index (χ1) is 25.2. The topological polar surface area (TPSA) is 125 Å². The predicted octanol–water partition coefficient (Wildman–Crippen LogP) is 10.6. The Balaban J connectivity index is 5.44. The normalized spacial score (nSPS) is 11.6. The van der Waals surface area contributed by atoms with Gasteiger partial charge in [0.2, 0.25) is 0 Å². The van der Waals surface area contributed by atoms with Gasteiger partial charge in [-0.15, -0.1) is 0 Å². The van der Waals surface area contributed by atoms with Crippen molar-refractivity contribution < 1.29 is 43.2 Å². The van der Waals surface area contributed by atoms with Gasteiger partial charge < -0.3 is 24.1 Å². The van der Waals surface area contributed by atoms with Crippen molar-refractivity contribution in [1.29, 1.82) is 0 Å². The summed E-state index contributed by atoms with van der Waals surface area (Å²) in [5, 5.41) is 10.6. The van der Waals surface area contributed by atoms with Crippen molar-refractivity contribution in [3.63, 3.8) is 0 Å². The van der Waals surface area contributed by atoms with Gasteiger partial charge in [0.25, 0.3) is 0 Å². The van der Waals surface area contributed by atoms with Crippen molar-refractivity contribution in [2.75, 3.05) is 33.0 Å². The average molecular weight is 741 g/mol. The van der Waals surface area contributed by atoms with Crippen molar-refractivity contribution in [1.82, 2.24) is 0 Å². The molecule has 0 aromatic rings. The highest BCUT2D eigenvalue weighted by atomic mass is 16.6. The summed E-state index contributed by atoms with van der Waals surface area (Å²) >= 11 is 0. The number of rotatable bonds is 37. The van der Waals surface area contributed by atoms with Crippen LogP contribution in [0.1, 0.15) is 202 Å². The Morgan fingerprint density at radius 2 is 0.769 bits per heavy atom. The van der Waals surface area contributed by atoms with Gasteiger partial charge in [0.15, 0.2) is 0 Å². The molecule has 0 saturated heterocycles. The van der Waals surface area contributed by atoms with Crippen LogP contribution in [0, 0.1) is 17.3 Å². The lowest BCUT2D eigenvalue weighted by Gasteiger charge is -2.30. The van der Waals surface area contributed by atoms with Crippen molar-refractivity contribution in [2.45, 2.75) is 202 Å². The minimum absolute atomic E-state index is 0.217. The smallest absolute Gasteiger partial charge is 0.317 e. The van der Waals surface area contributed by atoms with Crippen LogP contribution in [0.3, 0.4) is 0 Å². The van der Waals surface area contributed by atoms with Gasteiger partial charge in [0, 0.05) is 12.8 Å². The van der Waals surface area contributed by atoms with E-state index in [4.69, 9.17) is 18.9 Å². The molecule has 0 amide bonds. The minimum Gasteiger partial charge on any atom is -0.465 e. The lowest BCUT2D eigenvalue weighted by molar-refractivity contribution is -0.167. The number of carbonyl (C=O) groups is 4. The molecule has 0 bridgehead atoms. The number of aliphatic hydroxyl groups is 1. The zero-order chi connectivity index (χ0) is 38.7. The van der Waals surface area contributed by atoms with Gasteiger partial charge in [-0.3, -0.25) is 19.2 Å². The fourth-order valence-corrected chi connectivity index (χ4v) is 6.45. The lowest BCUT2D eigenvalue weighted by atomic mass is 9.90. The fraction of sp³-hybridized carbons (Fsp3) is 0.907. The second-order valence-corrected chi connectivity index (χ2v) is 15.3. The van der Waals surface area contributed by atoms with Crippen LogP contribution < -0.4 is 0 Å². The molecule has 1 N–H and O–H groups in total. The van der Waals surface area contributed by atoms with Crippen LogP contribution in [0.2, 0.25) is 0 Å². The molecule has 0 aliphatic rings. The second-order valence-electron chi connectivity index (χ2n) is 15.3. The van der Waals surface area contributed by atoms with Gasteiger partial charge in [0.05, 0.1) is 18.6 Å². The Hall–Kier alpha value is -2.16. The van der Waals surface area contributed by atoms with Gasteiger partial charge in [-0.1, -0.05) is 150 Å².